The fourth-order valence-electron chi connectivity index (χ4n) is 4.86. The van der Waals surface area contributed by atoms with Crippen molar-refractivity contribution in [1.29, 1.82) is 0 Å². The van der Waals surface area contributed by atoms with Crippen LogP contribution in [0.15, 0.2) is 36.4 Å². The van der Waals surface area contributed by atoms with Crippen molar-refractivity contribution >= 4 is 21.6 Å². The average Bonchev–Trinajstić information content (AvgIpc) is 2.87. The summed E-state index contributed by atoms with van der Waals surface area (Å²) < 4.78 is 84.1. The van der Waals surface area contributed by atoms with Crippen LogP contribution in [0.5, 0.6) is 5.75 Å². The molecule has 4 nitrogen and oxygen atoms in total. The van der Waals surface area contributed by atoms with Gasteiger partial charge >= 0.3 is 15.5 Å². The molecule has 1 saturated carbocycles. The Balaban J connectivity index is 1.72. The molecule has 0 bridgehead atoms. The maximum absolute atomic E-state index is 14.7. The molecular formula is C22H22ClF4NO3S. The summed E-state index contributed by atoms with van der Waals surface area (Å²) in [5.41, 5.74) is -3.73. The predicted octanol–water partition coefficient (Wildman–Crippen LogP) is 5.79. The van der Waals surface area contributed by atoms with Gasteiger partial charge in [0.1, 0.15) is 0 Å². The summed E-state index contributed by atoms with van der Waals surface area (Å²) in [5, 5.41) is 0.555. The lowest BCUT2D eigenvalue weighted by atomic mass is 9.65. The standard InChI is InChI=1S/C22H22ClF4NO3S/c1-21-11-10-16(28-32(29,30)22(25,26)27)7-4-14(21)12-31-20-18(24)9-8-17(19(20)21)13-2-5-15(23)6-3-13/h2-3,5-6,8-9,14,16,28H,4,7,10-12H2,1H3/t14?,16-,21+/m1/s1. The molecule has 1 unspecified atom stereocenters. The van der Waals surface area contributed by atoms with Gasteiger partial charge in [-0.15, -0.1) is 0 Å². The van der Waals surface area contributed by atoms with Crippen molar-refractivity contribution < 1.29 is 30.7 Å². The van der Waals surface area contributed by atoms with E-state index >= 15 is 0 Å². The van der Waals surface area contributed by atoms with Crippen LogP contribution in [0.3, 0.4) is 0 Å². The van der Waals surface area contributed by atoms with Crippen LogP contribution in [0.4, 0.5) is 17.6 Å². The van der Waals surface area contributed by atoms with E-state index in [1.165, 1.54) is 6.07 Å². The Morgan fingerprint density at radius 2 is 1.78 bits per heavy atom. The molecular weight excluding hydrogens is 470 g/mol. The third-order valence-electron chi connectivity index (χ3n) is 6.67. The summed E-state index contributed by atoms with van der Waals surface area (Å²) in [5.74, 6) is -0.468. The quantitative estimate of drug-likeness (QED) is 0.552. The maximum Gasteiger partial charge on any atom is 0.511 e. The molecule has 32 heavy (non-hydrogen) atoms. The van der Waals surface area contributed by atoms with E-state index in [-0.39, 0.29) is 31.1 Å². The number of sulfonamides is 1. The highest BCUT2D eigenvalue weighted by Crippen LogP contribution is 2.53. The molecule has 1 aliphatic heterocycles. The van der Waals surface area contributed by atoms with E-state index in [2.05, 4.69) is 0 Å². The first-order valence-corrected chi connectivity index (χ1v) is 12.1. The van der Waals surface area contributed by atoms with Crippen molar-refractivity contribution in [3.8, 4) is 16.9 Å². The lowest BCUT2D eigenvalue weighted by Crippen LogP contribution is -2.42. The number of hydrogen-bond acceptors (Lipinski definition) is 3. The number of ether oxygens (including phenoxy) is 1. The molecule has 0 radical (unpaired) electrons. The largest absolute Gasteiger partial charge is 0.511 e. The van der Waals surface area contributed by atoms with E-state index < -0.39 is 32.8 Å². The van der Waals surface area contributed by atoms with E-state index in [4.69, 9.17) is 16.3 Å². The van der Waals surface area contributed by atoms with Crippen molar-refractivity contribution in [2.75, 3.05) is 6.61 Å². The highest BCUT2D eigenvalue weighted by Gasteiger charge is 2.49. The second-order valence-corrected chi connectivity index (χ2v) is 10.8. The van der Waals surface area contributed by atoms with Gasteiger partial charge in [0.25, 0.3) is 0 Å². The minimum Gasteiger partial charge on any atom is -0.490 e. The minimum atomic E-state index is -5.44. The highest BCUT2D eigenvalue weighted by molar-refractivity contribution is 7.90. The zero-order valence-electron chi connectivity index (χ0n) is 17.2. The van der Waals surface area contributed by atoms with E-state index in [0.29, 0.717) is 23.4 Å². The van der Waals surface area contributed by atoms with Gasteiger partial charge < -0.3 is 4.74 Å². The van der Waals surface area contributed by atoms with Gasteiger partial charge in [0, 0.05) is 28.0 Å². The van der Waals surface area contributed by atoms with Gasteiger partial charge in [0.2, 0.25) is 0 Å². The first-order valence-electron chi connectivity index (χ1n) is 10.2. The van der Waals surface area contributed by atoms with E-state index in [1.807, 2.05) is 23.8 Å². The molecule has 0 amide bonds. The fraction of sp³-hybridized carbons (Fsp3) is 0.455. The SMILES string of the molecule is C[C@]12CC[C@H](NS(=O)(=O)C(F)(F)F)CCC1COc1c(F)ccc(-c3ccc(Cl)cc3)c12. The molecule has 4 rings (SSSR count). The molecule has 1 aliphatic carbocycles. The number of alkyl halides is 3. The number of rotatable bonds is 3. The van der Waals surface area contributed by atoms with Gasteiger partial charge in [0.05, 0.1) is 6.61 Å². The maximum atomic E-state index is 14.7. The third-order valence-corrected chi connectivity index (χ3v) is 8.17. The summed E-state index contributed by atoms with van der Waals surface area (Å²) in [6.45, 7) is 2.17. The van der Waals surface area contributed by atoms with Crippen LogP contribution in [-0.4, -0.2) is 26.6 Å². The summed E-state index contributed by atoms with van der Waals surface area (Å²) in [6.07, 6.45) is 1.25. The topological polar surface area (TPSA) is 55.4 Å². The molecule has 0 saturated heterocycles. The van der Waals surface area contributed by atoms with Crippen LogP contribution < -0.4 is 9.46 Å². The van der Waals surface area contributed by atoms with Crippen molar-refractivity contribution in [2.45, 2.75) is 49.6 Å². The van der Waals surface area contributed by atoms with Crippen LogP contribution in [-0.2, 0) is 15.4 Å². The lowest BCUT2D eigenvalue weighted by molar-refractivity contribution is -0.0451. The van der Waals surface area contributed by atoms with E-state index in [1.54, 1.807) is 18.2 Å². The Morgan fingerprint density at radius 3 is 2.44 bits per heavy atom. The molecule has 0 spiro atoms. The molecule has 1 heterocycles. The van der Waals surface area contributed by atoms with Gasteiger partial charge in [-0.25, -0.2) is 17.5 Å². The van der Waals surface area contributed by atoms with Crippen molar-refractivity contribution in [3.05, 3.63) is 52.8 Å². The van der Waals surface area contributed by atoms with Gasteiger partial charge in [-0.2, -0.15) is 13.2 Å². The summed E-state index contributed by atoms with van der Waals surface area (Å²) in [4.78, 5) is 0. The third kappa shape index (κ3) is 4.10. The molecule has 1 N–H and O–H groups in total. The number of hydrogen-bond donors (Lipinski definition) is 1. The number of benzene rings is 2. The first-order chi connectivity index (χ1) is 14.9. The summed E-state index contributed by atoms with van der Waals surface area (Å²) in [6, 6.07) is 9.24. The lowest BCUT2D eigenvalue weighted by Gasteiger charge is -2.43. The van der Waals surface area contributed by atoms with Gasteiger partial charge in [0.15, 0.2) is 11.6 Å². The number of nitrogens with one attached hydrogen (secondary N) is 1. The minimum absolute atomic E-state index is 0.108. The second kappa shape index (κ2) is 8.18. The molecule has 10 heteroatoms. The molecule has 174 valence electrons. The molecule has 2 aromatic rings. The molecule has 3 atom stereocenters. The van der Waals surface area contributed by atoms with Crippen molar-refractivity contribution in [2.24, 2.45) is 5.92 Å². The zero-order chi connectivity index (χ0) is 23.3. The van der Waals surface area contributed by atoms with Crippen LogP contribution in [0.1, 0.15) is 38.2 Å². The number of fused-ring (bicyclic) bond motifs is 3. The van der Waals surface area contributed by atoms with Crippen molar-refractivity contribution in [3.63, 3.8) is 0 Å². The Kier molecular flexibility index (Phi) is 5.96. The smallest absolute Gasteiger partial charge is 0.490 e. The van der Waals surface area contributed by atoms with Gasteiger partial charge in [-0.1, -0.05) is 36.7 Å². The number of halogens is 5. The van der Waals surface area contributed by atoms with Crippen LogP contribution in [0.2, 0.25) is 5.02 Å². The Morgan fingerprint density at radius 1 is 1.09 bits per heavy atom. The predicted molar refractivity (Wildman–Crippen MR) is 114 cm³/mol. The van der Waals surface area contributed by atoms with Crippen LogP contribution in [0.25, 0.3) is 11.1 Å². The van der Waals surface area contributed by atoms with Gasteiger partial charge in [-0.3, -0.25) is 0 Å². The molecule has 2 aromatic carbocycles. The Hall–Kier alpha value is -1.84. The summed E-state index contributed by atoms with van der Waals surface area (Å²) in [7, 11) is -5.44. The van der Waals surface area contributed by atoms with Crippen molar-refractivity contribution in [1.82, 2.24) is 4.72 Å². The first kappa shape index (κ1) is 23.3. The Bertz CT molecular complexity index is 1120. The van der Waals surface area contributed by atoms with E-state index in [9.17, 15) is 26.0 Å². The normalized spacial score (nSPS) is 25.9. The summed E-state index contributed by atoms with van der Waals surface area (Å²) >= 11 is 6.01. The monoisotopic (exact) mass is 491 g/mol. The molecule has 1 fully saturated rings. The second-order valence-electron chi connectivity index (χ2n) is 8.61. The van der Waals surface area contributed by atoms with E-state index in [0.717, 1.165) is 11.1 Å². The molecule has 2 aliphatic rings. The van der Waals surface area contributed by atoms with Gasteiger partial charge in [-0.05, 0) is 55.0 Å². The van der Waals surface area contributed by atoms with Crippen LogP contribution >= 0.6 is 11.6 Å². The fourth-order valence-corrected chi connectivity index (χ4v) is 5.80. The highest BCUT2D eigenvalue weighted by atomic mass is 35.5. The molecule has 0 aromatic heterocycles. The van der Waals surface area contributed by atoms with Crippen LogP contribution in [0, 0.1) is 11.7 Å². The average molecular weight is 492 g/mol. The Labute approximate surface area is 189 Å². The zero-order valence-corrected chi connectivity index (χ0v) is 18.7.